The molecule has 150 valence electrons. The van der Waals surface area contributed by atoms with E-state index < -0.39 is 21.5 Å². The first-order valence-electron chi connectivity index (χ1n) is 8.67. The zero-order valence-corrected chi connectivity index (χ0v) is 17.4. The summed E-state index contributed by atoms with van der Waals surface area (Å²) < 4.78 is 25.4. The van der Waals surface area contributed by atoms with Gasteiger partial charge in [0.15, 0.2) is 0 Å². The summed E-state index contributed by atoms with van der Waals surface area (Å²) in [5.41, 5.74) is 1.57. The number of aryl methyl sites for hydroxylation is 1. The molecule has 0 radical (unpaired) electrons. The summed E-state index contributed by atoms with van der Waals surface area (Å²) in [5.74, 6) is -0.751. The van der Waals surface area contributed by atoms with Gasteiger partial charge in [0.2, 0.25) is 10.0 Å². The number of para-hydroxylation sites is 1. The van der Waals surface area contributed by atoms with Crippen LogP contribution in [0.4, 0.5) is 11.4 Å². The van der Waals surface area contributed by atoms with Crippen molar-refractivity contribution in [1.82, 2.24) is 5.32 Å². The van der Waals surface area contributed by atoms with Gasteiger partial charge in [-0.3, -0.25) is 14.3 Å². The van der Waals surface area contributed by atoms with E-state index >= 15 is 0 Å². The molecule has 2 aromatic carbocycles. The lowest BCUT2D eigenvalue weighted by atomic mass is 10.1. The third-order valence-corrected chi connectivity index (χ3v) is 4.29. The molecular weight excluding hydrogens is 378 g/mol. The number of amides is 2. The molecule has 0 heterocycles. The maximum atomic E-state index is 12.7. The second-order valence-corrected chi connectivity index (χ2v) is 9.36. The van der Waals surface area contributed by atoms with Gasteiger partial charge in [-0.1, -0.05) is 18.2 Å². The van der Waals surface area contributed by atoms with Gasteiger partial charge in [0.05, 0.1) is 23.2 Å². The van der Waals surface area contributed by atoms with E-state index in [4.69, 9.17) is 0 Å². The lowest BCUT2D eigenvalue weighted by Gasteiger charge is -2.21. The molecule has 0 atom stereocenters. The Bertz CT molecular complexity index is 1010. The molecule has 0 aromatic heterocycles. The smallest absolute Gasteiger partial charge is 0.255 e. The van der Waals surface area contributed by atoms with Gasteiger partial charge < -0.3 is 10.6 Å². The van der Waals surface area contributed by atoms with Crippen molar-refractivity contribution in [2.45, 2.75) is 33.2 Å². The molecule has 3 N–H and O–H groups in total. The van der Waals surface area contributed by atoms with Crippen LogP contribution in [0.25, 0.3) is 0 Å². The Kier molecular flexibility index (Phi) is 6.14. The van der Waals surface area contributed by atoms with Crippen LogP contribution in [0.5, 0.6) is 0 Å². The quantitative estimate of drug-likeness (QED) is 0.713. The molecule has 0 saturated carbocycles. The third kappa shape index (κ3) is 6.09. The number of anilines is 2. The molecule has 7 nitrogen and oxygen atoms in total. The summed E-state index contributed by atoms with van der Waals surface area (Å²) in [6, 6.07) is 11.4. The van der Waals surface area contributed by atoms with Crippen LogP contribution in [0.3, 0.4) is 0 Å². The van der Waals surface area contributed by atoms with Gasteiger partial charge >= 0.3 is 0 Å². The Labute approximate surface area is 165 Å². The van der Waals surface area contributed by atoms with Crippen molar-refractivity contribution in [1.29, 1.82) is 0 Å². The highest BCUT2D eigenvalue weighted by atomic mass is 32.2. The van der Waals surface area contributed by atoms with Gasteiger partial charge in [0, 0.05) is 11.1 Å². The zero-order chi connectivity index (χ0) is 21.1. The number of rotatable bonds is 5. The van der Waals surface area contributed by atoms with Crippen molar-refractivity contribution in [3.05, 3.63) is 59.2 Å². The standard InChI is InChI=1S/C20H25N3O4S/c1-13-10-11-14(12-17(13)23-28(5,26)27)18(24)21-16-9-7-6-8-15(16)19(25)22-20(2,3)4/h6-12,23H,1-5H3,(H,21,24)(H,22,25). The molecule has 0 fully saturated rings. The minimum absolute atomic E-state index is 0.266. The largest absolute Gasteiger partial charge is 0.347 e. The lowest BCUT2D eigenvalue weighted by molar-refractivity contribution is 0.0920. The van der Waals surface area contributed by atoms with Crippen molar-refractivity contribution in [2.75, 3.05) is 16.3 Å². The number of sulfonamides is 1. The number of hydrogen-bond acceptors (Lipinski definition) is 4. The topological polar surface area (TPSA) is 104 Å². The summed E-state index contributed by atoms with van der Waals surface area (Å²) in [5, 5.41) is 5.59. The SMILES string of the molecule is Cc1ccc(C(=O)Nc2ccccc2C(=O)NC(C)(C)C)cc1NS(C)(=O)=O. The summed E-state index contributed by atoms with van der Waals surface area (Å²) in [6.07, 6.45) is 1.04. The normalized spacial score (nSPS) is 11.6. The number of benzene rings is 2. The molecule has 0 saturated heterocycles. The molecule has 0 aliphatic carbocycles. The van der Waals surface area contributed by atoms with E-state index in [1.54, 1.807) is 43.3 Å². The Morgan fingerprint density at radius 1 is 0.929 bits per heavy atom. The third-order valence-electron chi connectivity index (χ3n) is 3.70. The van der Waals surface area contributed by atoms with Gasteiger partial charge in [-0.2, -0.15) is 0 Å². The van der Waals surface area contributed by atoms with E-state index in [9.17, 15) is 18.0 Å². The Morgan fingerprint density at radius 2 is 1.57 bits per heavy atom. The molecule has 2 amide bonds. The van der Waals surface area contributed by atoms with Crippen LogP contribution in [0.1, 0.15) is 47.1 Å². The Morgan fingerprint density at radius 3 is 2.18 bits per heavy atom. The van der Waals surface area contributed by atoms with E-state index in [1.807, 2.05) is 20.8 Å². The predicted molar refractivity (Wildman–Crippen MR) is 111 cm³/mol. The number of carbonyl (C=O) groups excluding carboxylic acids is 2. The maximum Gasteiger partial charge on any atom is 0.255 e. The molecular formula is C20H25N3O4S. The summed E-state index contributed by atoms with van der Waals surface area (Å²) >= 11 is 0. The average molecular weight is 404 g/mol. The fraction of sp³-hybridized carbons (Fsp3) is 0.300. The molecule has 2 rings (SSSR count). The highest BCUT2D eigenvalue weighted by Gasteiger charge is 2.19. The van der Waals surface area contributed by atoms with Crippen molar-refractivity contribution in [2.24, 2.45) is 0 Å². The highest BCUT2D eigenvalue weighted by molar-refractivity contribution is 7.92. The second-order valence-electron chi connectivity index (χ2n) is 7.61. The highest BCUT2D eigenvalue weighted by Crippen LogP contribution is 2.21. The van der Waals surface area contributed by atoms with Gasteiger partial charge in [-0.15, -0.1) is 0 Å². The zero-order valence-electron chi connectivity index (χ0n) is 16.6. The minimum atomic E-state index is -3.47. The summed E-state index contributed by atoms with van der Waals surface area (Å²) in [7, 11) is -3.47. The van der Waals surface area contributed by atoms with Crippen molar-refractivity contribution >= 4 is 33.2 Å². The number of hydrogen-bond donors (Lipinski definition) is 3. The van der Waals surface area contributed by atoms with Crippen LogP contribution in [-0.4, -0.2) is 32.0 Å². The Balaban J connectivity index is 2.29. The van der Waals surface area contributed by atoms with Crippen LogP contribution in [0, 0.1) is 6.92 Å². The molecule has 0 aliphatic rings. The fourth-order valence-electron chi connectivity index (χ4n) is 2.47. The van der Waals surface area contributed by atoms with Gasteiger partial charge in [0.25, 0.3) is 11.8 Å². The Hall–Kier alpha value is -2.87. The molecule has 0 unspecified atom stereocenters. The lowest BCUT2D eigenvalue weighted by Crippen LogP contribution is -2.40. The van der Waals surface area contributed by atoms with Crippen LogP contribution in [-0.2, 0) is 10.0 Å². The minimum Gasteiger partial charge on any atom is -0.347 e. The van der Waals surface area contributed by atoms with Gasteiger partial charge in [-0.25, -0.2) is 8.42 Å². The van der Waals surface area contributed by atoms with E-state index in [2.05, 4.69) is 15.4 Å². The number of nitrogens with one attached hydrogen (secondary N) is 3. The summed E-state index contributed by atoms with van der Waals surface area (Å²) in [4.78, 5) is 25.2. The molecule has 28 heavy (non-hydrogen) atoms. The second kappa shape index (κ2) is 8.02. The molecule has 2 aromatic rings. The van der Waals surface area contributed by atoms with E-state index in [-0.39, 0.29) is 11.5 Å². The van der Waals surface area contributed by atoms with Crippen LogP contribution in [0.15, 0.2) is 42.5 Å². The predicted octanol–water partition coefficient (Wildman–Crippen LogP) is 3.15. The van der Waals surface area contributed by atoms with Crippen molar-refractivity contribution in [3.8, 4) is 0 Å². The van der Waals surface area contributed by atoms with Crippen LogP contribution < -0.4 is 15.4 Å². The monoisotopic (exact) mass is 403 g/mol. The van der Waals surface area contributed by atoms with Gasteiger partial charge in [-0.05, 0) is 57.5 Å². The first kappa shape index (κ1) is 21.4. The van der Waals surface area contributed by atoms with Crippen molar-refractivity contribution < 1.29 is 18.0 Å². The fourth-order valence-corrected chi connectivity index (χ4v) is 3.08. The first-order chi connectivity index (χ1) is 12.9. The maximum absolute atomic E-state index is 12.7. The number of carbonyl (C=O) groups is 2. The van der Waals surface area contributed by atoms with E-state index in [0.29, 0.717) is 22.5 Å². The molecule has 0 bridgehead atoms. The van der Waals surface area contributed by atoms with Crippen molar-refractivity contribution in [3.63, 3.8) is 0 Å². The average Bonchev–Trinajstić information content (AvgIpc) is 2.54. The van der Waals surface area contributed by atoms with Crippen LogP contribution in [0.2, 0.25) is 0 Å². The van der Waals surface area contributed by atoms with Gasteiger partial charge in [0.1, 0.15) is 0 Å². The summed E-state index contributed by atoms with van der Waals surface area (Å²) in [6.45, 7) is 7.35. The molecule has 8 heteroatoms. The molecule has 0 spiro atoms. The van der Waals surface area contributed by atoms with E-state index in [1.165, 1.54) is 6.07 Å². The van der Waals surface area contributed by atoms with E-state index in [0.717, 1.165) is 6.26 Å². The molecule has 0 aliphatic heterocycles. The van der Waals surface area contributed by atoms with Crippen LogP contribution >= 0.6 is 0 Å². The first-order valence-corrected chi connectivity index (χ1v) is 10.6.